The summed E-state index contributed by atoms with van der Waals surface area (Å²) < 4.78 is 0. The zero-order chi connectivity index (χ0) is 11.7. The van der Waals surface area contributed by atoms with Gasteiger partial charge >= 0.3 is 0 Å². The van der Waals surface area contributed by atoms with Gasteiger partial charge in [-0.1, -0.05) is 13.3 Å². The van der Waals surface area contributed by atoms with Crippen molar-refractivity contribution in [1.29, 1.82) is 0 Å². The van der Waals surface area contributed by atoms with E-state index in [2.05, 4.69) is 17.6 Å². The van der Waals surface area contributed by atoms with E-state index < -0.39 is 0 Å². The van der Waals surface area contributed by atoms with Crippen molar-refractivity contribution in [3.8, 4) is 0 Å². The van der Waals surface area contributed by atoms with Crippen LogP contribution in [0.25, 0.3) is 0 Å². The number of rotatable bonds is 2. The van der Waals surface area contributed by atoms with Crippen molar-refractivity contribution in [1.82, 2.24) is 10.6 Å². The third-order valence-corrected chi connectivity index (χ3v) is 5.53. The van der Waals surface area contributed by atoms with E-state index in [9.17, 15) is 0 Å². The smallest absolute Gasteiger partial charge is 0.0124 e. The second-order valence-electron chi connectivity index (χ2n) is 6.71. The molecule has 2 heterocycles. The Morgan fingerprint density at radius 3 is 2.82 bits per heavy atom. The van der Waals surface area contributed by atoms with Crippen LogP contribution >= 0.6 is 0 Å². The first-order chi connectivity index (χ1) is 8.34. The molecule has 2 aliphatic heterocycles. The van der Waals surface area contributed by atoms with Gasteiger partial charge in [-0.15, -0.1) is 0 Å². The first kappa shape index (κ1) is 12.0. The van der Waals surface area contributed by atoms with Crippen LogP contribution in [0, 0.1) is 23.7 Å². The Labute approximate surface area is 106 Å². The van der Waals surface area contributed by atoms with Gasteiger partial charge in [0, 0.05) is 6.04 Å². The summed E-state index contributed by atoms with van der Waals surface area (Å²) in [7, 11) is 0. The van der Waals surface area contributed by atoms with E-state index in [1.54, 1.807) is 0 Å². The Balaban J connectivity index is 1.57. The molecule has 2 N–H and O–H groups in total. The van der Waals surface area contributed by atoms with Crippen LogP contribution in [0.1, 0.15) is 45.4 Å². The molecule has 3 fully saturated rings. The molecule has 2 heteroatoms. The van der Waals surface area contributed by atoms with E-state index >= 15 is 0 Å². The highest BCUT2D eigenvalue weighted by atomic mass is 15.0. The van der Waals surface area contributed by atoms with Gasteiger partial charge in [-0.3, -0.25) is 0 Å². The molecule has 0 aromatic heterocycles. The lowest BCUT2D eigenvalue weighted by Crippen LogP contribution is -2.37. The molecule has 2 nitrogen and oxygen atoms in total. The zero-order valence-corrected chi connectivity index (χ0v) is 11.3. The average Bonchev–Trinajstić information content (AvgIpc) is 2.76. The molecule has 4 unspecified atom stereocenters. The lowest BCUT2D eigenvalue weighted by Gasteiger charge is -2.35. The minimum Gasteiger partial charge on any atom is -0.316 e. The third kappa shape index (κ3) is 2.53. The number of fused-ring (bicyclic) bond motifs is 1. The monoisotopic (exact) mass is 236 g/mol. The number of nitrogens with one attached hydrogen (secondary N) is 2. The molecular formula is C15H28N2. The summed E-state index contributed by atoms with van der Waals surface area (Å²) in [6.07, 6.45) is 8.77. The Morgan fingerprint density at radius 2 is 2.00 bits per heavy atom. The summed E-state index contributed by atoms with van der Waals surface area (Å²) in [4.78, 5) is 0. The Kier molecular flexibility index (Phi) is 3.72. The summed E-state index contributed by atoms with van der Waals surface area (Å²) in [6, 6.07) is 0.852. The summed E-state index contributed by atoms with van der Waals surface area (Å²) in [5, 5.41) is 7.40. The second kappa shape index (κ2) is 5.27. The van der Waals surface area contributed by atoms with Crippen LogP contribution < -0.4 is 10.6 Å². The third-order valence-electron chi connectivity index (χ3n) is 5.53. The van der Waals surface area contributed by atoms with Crippen LogP contribution in [0.3, 0.4) is 0 Å². The van der Waals surface area contributed by atoms with Crippen LogP contribution in [0.4, 0.5) is 0 Å². The van der Waals surface area contributed by atoms with Crippen molar-refractivity contribution in [2.45, 2.75) is 51.5 Å². The maximum Gasteiger partial charge on any atom is 0.0124 e. The van der Waals surface area contributed by atoms with Gasteiger partial charge in [-0.2, -0.15) is 0 Å². The van der Waals surface area contributed by atoms with Gasteiger partial charge in [0.15, 0.2) is 0 Å². The molecule has 5 atom stereocenters. The van der Waals surface area contributed by atoms with Crippen molar-refractivity contribution in [3.05, 3.63) is 0 Å². The largest absolute Gasteiger partial charge is 0.316 e. The fourth-order valence-corrected chi connectivity index (χ4v) is 4.59. The predicted octanol–water partition coefficient (Wildman–Crippen LogP) is 2.40. The molecule has 0 bridgehead atoms. The highest BCUT2D eigenvalue weighted by Crippen LogP contribution is 2.40. The lowest BCUT2D eigenvalue weighted by molar-refractivity contribution is 0.189. The van der Waals surface area contributed by atoms with Gasteiger partial charge in [0.05, 0.1) is 0 Å². The van der Waals surface area contributed by atoms with E-state index in [0.717, 1.165) is 29.7 Å². The first-order valence-electron chi connectivity index (χ1n) is 7.78. The van der Waals surface area contributed by atoms with Gasteiger partial charge < -0.3 is 10.6 Å². The molecule has 1 aliphatic carbocycles. The average molecular weight is 236 g/mol. The highest BCUT2D eigenvalue weighted by molar-refractivity contribution is 4.96. The molecule has 0 radical (unpaired) electrons. The quantitative estimate of drug-likeness (QED) is 0.769. The summed E-state index contributed by atoms with van der Waals surface area (Å²) in [5.41, 5.74) is 0. The predicted molar refractivity (Wildman–Crippen MR) is 72.0 cm³/mol. The molecular weight excluding hydrogens is 208 g/mol. The van der Waals surface area contributed by atoms with Gasteiger partial charge in [-0.25, -0.2) is 0 Å². The van der Waals surface area contributed by atoms with Crippen LogP contribution in [0.15, 0.2) is 0 Å². The van der Waals surface area contributed by atoms with E-state index in [0.29, 0.717) is 0 Å². The van der Waals surface area contributed by atoms with Crippen molar-refractivity contribution in [2.75, 3.05) is 19.6 Å². The minimum atomic E-state index is 0.852. The fourth-order valence-electron chi connectivity index (χ4n) is 4.59. The molecule has 98 valence electrons. The minimum absolute atomic E-state index is 0.852. The fraction of sp³-hybridized carbons (Fsp3) is 1.00. The molecule has 2 saturated heterocycles. The maximum atomic E-state index is 3.83. The molecule has 0 spiro atoms. The molecule has 0 aromatic carbocycles. The number of hydrogen-bond donors (Lipinski definition) is 2. The van der Waals surface area contributed by atoms with E-state index in [-0.39, 0.29) is 0 Å². The Hall–Kier alpha value is -0.0800. The molecule has 17 heavy (non-hydrogen) atoms. The lowest BCUT2D eigenvalue weighted by atomic mass is 9.72. The van der Waals surface area contributed by atoms with Crippen LogP contribution in [0.5, 0.6) is 0 Å². The van der Waals surface area contributed by atoms with E-state index in [1.165, 1.54) is 58.2 Å². The Bertz CT molecular complexity index is 247. The molecule has 3 aliphatic rings. The van der Waals surface area contributed by atoms with Gasteiger partial charge in [0.2, 0.25) is 0 Å². The van der Waals surface area contributed by atoms with Gasteiger partial charge in [0.25, 0.3) is 0 Å². The second-order valence-corrected chi connectivity index (χ2v) is 6.71. The van der Waals surface area contributed by atoms with Gasteiger partial charge in [0.1, 0.15) is 0 Å². The van der Waals surface area contributed by atoms with E-state index in [1.807, 2.05) is 0 Å². The first-order valence-corrected chi connectivity index (χ1v) is 7.78. The Morgan fingerprint density at radius 1 is 1.06 bits per heavy atom. The number of piperidine rings is 1. The van der Waals surface area contributed by atoms with Crippen LogP contribution in [0.2, 0.25) is 0 Å². The molecule has 0 amide bonds. The van der Waals surface area contributed by atoms with Gasteiger partial charge in [-0.05, 0) is 75.4 Å². The van der Waals surface area contributed by atoms with Crippen LogP contribution in [-0.2, 0) is 0 Å². The summed E-state index contributed by atoms with van der Waals surface area (Å²) >= 11 is 0. The van der Waals surface area contributed by atoms with Crippen LogP contribution in [-0.4, -0.2) is 25.7 Å². The summed E-state index contributed by atoms with van der Waals surface area (Å²) in [5.74, 6) is 3.86. The van der Waals surface area contributed by atoms with Crippen molar-refractivity contribution in [2.24, 2.45) is 23.7 Å². The maximum absolute atomic E-state index is 3.83. The normalized spacial score (nSPS) is 46.8. The summed E-state index contributed by atoms with van der Waals surface area (Å²) in [6.45, 7) is 6.29. The van der Waals surface area contributed by atoms with Crippen molar-refractivity contribution in [3.63, 3.8) is 0 Å². The molecule has 0 aromatic rings. The topological polar surface area (TPSA) is 24.1 Å². The SMILES string of the molecule is CC1CCCC2C(C[C@H]3CCCNC3)CNC12. The number of hydrogen-bond acceptors (Lipinski definition) is 2. The highest BCUT2D eigenvalue weighted by Gasteiger charge is 2.41. The van der Waals surface area contributed by atoms with Crippen molar-refractivity contribution < 1.29 is 0 Å². The van der Waals surface area contributed by atoms with Crippen molar-refractivity contribution >= 4 is 0 Å². The molecule has 1 saturated carbocycles. The molecule has 3 rings (SSSR count). The van der Waals surface area contributed by atoms with E-state index in [4.69, 9.17) is 0 Å². The standard InChI is InChI=1S/C15H28N2/c1-11-4-2-6-14-13(10-17-15(11)14)8-12-5-3-7-16-9-12/h11-17H,2-10H2,1H3/t11?,12-,13?,14?,15?/m1/s1. The zero-order valence-electron chi connectivity index (χ0n) is 11.3.